The van der Waals surface area contributed by atoms with Gasteiger partial charge in [0.05, 0.1) is 23.1 Å². The van der Waals surface area contributed by atoms with Gasteiger partial charge in [-0.3, -0.25) is 14.6 Å². The number of anilines is 2. The van der Waals surface area contributed by atoms with E-state index in [9.17, 15) is 26.4 Å². The van der Waals surface area contributed by atoms with Crippen LogP contribution >= 0.6 is 0 Å². The second-order valence-electron chi connectivity index (χ2n) is 6.04. The van der Waals surface area contributed by atoms with Crippen molar-refractivity contribution in [2.75, 3.05) is 10.0 Å². The molecule has 1 amide bonds. The summed E-state index contributed by atoms with van der Waals surface area (Å²) in [4.78, 5) is 11.9. The molecule has 0 fully saturated rings. The second-order valence-corrected chi connectivity index (χ2v) is 7.69. The molecular formula is C18H15F3N4O3S. The Kier molecular flexibility index (Phi) is 5.33. The van der Waals surface area contributed by atoms with E-state index in [2.05, 4.69) is 15.5 Å². The van der Waals surface area contributed by atoms with Crippen molar-refractivity contribution in [2.45, 2.75) is 18.0 Å². The molecule has 0 aliphatic rings. The fraction of sp³-hybridized carbons (Fsp3) is 0.111. The van der Waals surface area contributed by atoms with Gasteiger partial charge in [0.2, 0.25) is 0 Å². The minimum Gasteiger partial charge on any atom is -0.322 e. The highest BCUT2D eigenvalue weighted by atomic mass is 32.2. The van der Waals surface area contributed by atoms with E-state index in [1.165, 1.54) is 25.1 Å². The third-order valence-corrected chi connectivity index (χ3v) is 5.42. The average Bonchev–Trinajstić information content (AvgIpc) is 3.09. The maximum atomic E-state index is 13.5. The molecule has 29 heavy (non-hydrogen) atoms. The highest BCUT2D eigenvalue weighted by molar-refractivity contribution is 7.92. The molecule has 0 bridgehead atoms. The largest absolute Gasteiger partial charge is 0.418 e. The number of benzene rings is 2. The van der Waals surface area contributed by atoms with Crippen molar-refractivity contribution >= 4 is 27.3 Å². The molecule has 0 aliphatic carbocycles. The lowest BCUT2D eigenvalue weighted by atomic mass is 10.1. The van der Waals surface area contributed by atoms with E-state index in [-0.39, 0.29) is 21.8 Å². The third kappa shape index (κ3) is 4.57. The topological polar surface area (TPSA) is 104 Å². The number of sulfonamides is 1. The van der Waals surface area contributed by atoms with Gasteiger partial charge in [-0.25, -0.2) is 8.42 Å². The summed E-state index contributed by atoms with van der Waals surface area (Å²) in [7, 11) is -4.29. The molecule has 0 aliphatic heterocycles. The number of hydrogen-bond acceptors (Lipinski definition) is 4. The van der Waals surface area contributed by atoms with Gasteiger partial charge in [-0.2, -0.15) is 18.3 Å². The summed E-state index contributed by atoms with van der Waals surface area (Å²) >= 11 is 0. The molecule has 0 atom stereocenters. The van der Waals surface area contributed by atoms with Crippen LogP contribution in [0.5, 0.6) is 0 Å². The van der Waals surface area contributed by atoms with Crippen LogP contribution in [0.3, 0.4) is 0 Å². The Morgan fingerprint density at radius 3 is 2.38 bits per heavy atom. The Morgan fingerprint density at radius 2 is 1.79 bits per heavy atom. The van der Waals surface area contributed by atoms with Crippen LogP contribution in [0.4, 0.5) is 24.5 Å². The Labute approximate surface area is 164 Å². The number of alkyl halides is 3. The first-order valence-electron chi connectivity index (χ1n) is 8.18. The number of nitrogens with one attached hydrogen (secondary N) is 3. The van der Waals surface area contributed by atoms with Crippen molar-refractivity contribution in [3.05, 3.63) is 71.5 Å². The quantitative estimate of drug-likeness (QED) is 0.580. The zero-order chi connectivity index (χ0) is 21.2. The molecule has 0 radical (unpaired) electrons. The van der Waals surface area contributed by atoms with E-state index >= 15 is 0 Å². The van der Waals surface area contributed by atoms with Crippen LogP contribution in [0, 0.1) is 6.92 Å². The minimum atomic E-state index is -4.86. The minimum absolute atomic E-state index is 0.131. The predicted octanol–water partition coefficient (Wildman–Crippen LogP) is 3.79. The van der Waals surface area contributed by atoms with Crippen molar-refractivity contribution in [3.8, 4) is 0 Å². The molecule has 3 aromatic rings. The van der Waals surface area contributed by atoms with Gasteiger partial charge in [-0.05, 0) is 37.3 Å². The van der Waals surface area contributed by atoms with Crippen molar-refractivity contribution in [1.82, 2.24) is 10.2 Å². The van der Waals surface area contributed by atoms with Crippen LogP contribution in [0.15, 0.2) is 59.6 Å². The number of H-pyrrole nitrogens is 1. The molecule has 3 N–H and O–H groups in total. The number of halogens is 3. The summed E-state index contributed by atoms with van der Waals surface area (Å²) in [6.07, 6.45) is -3.86. The molecule has 11 heteroatoms. The molecule has 7 nitrogen and oxygen atoms in total. The Bertz CT molecular complexity index is 1140. The standard InChI is InChI=1S/C18H15F3N4O3S/c1-11-16(10-22-24-11)29(27,28)25-15-8-7-13(9-14(15)18(19,20)21)23-17(26)12-5-3-2-4-6-12/h2-10,25H,1H3,(H,22,24)(H,23,26). The van der Waals surface area contributed by atoms with Crippen LogP contribution < -0.4 is 10.0 Å². The van der Waals surface area contributed by atoms with E-state index in [1.54, 1.807) is 18.2 Å². The number of aryl methyl sites for hydroxylation is 1. The Balaban J connectivity index is 1.93. The van der Waals surface area contributed by atoms with Gasteiger partial charge >= 0.3 is 6.18 Å². The van der Waals surface area contributed by atoms with Gasteiger partial charge in [0.25, 0.3) is 15.9 Å². The molecule has 152 valence electrons. The maximum Gasteiger partial charge on any atom is 0.418 e. The van der Waals surface area contributed by atoms with Crippen LogP contribution in [-0.4, -0.2) is 24.5 Å². The van der Waals surface area contributed by atoms with E-state index in [1.807, 2.05) is 4.72 Å². The summed E-state index contributed by atoms with van der Waals surface area (Å²) in [5.41, 5.74) is -1.60. The summed E-state index contributed by atoms with van der Waals surface area (Å²) < 4.78 is 67.3. The van der Waals surface area contributed by atoms with Gasteiger partial charge in [0.15, 0.2) is 0 Å². The second kappa shape index (κ2) is 7.59. The van der Waals surface area contributed by atoms with Gasteiger partial charge in [0.1, 0.15) is 4.90 Å². The number of aromatic nitrogens is 2. The van der Waals surface area contributed by atoms with E-state index in [0.29, 0.717) is 6.07 Å². The van der Waals surface area contributed by atoms with Crippen LogP contribution in [0.25, 0.3) is 0 Å². The Morgan fingerprint density at radius 1 is 1.10 bits per heavy atom. The number of rotatable bonds is 5. The van der Waals surface area contributed by atoms with Crippen LogP contribution in [0.2, 0.25) is 0 Å². The SMILES string of the molecule is Cc1[nH]ncc1S(=O)(=O)Nc1ccc(NC(=O)c2ccccc2)cc1C(F)(F)F. The predicted molar refractivity (Wildman–Crippen MR) is 100.0 cm³/mol. The smallest absolute Gasteiger partial charge is 0.322 e. The summed E-state index contributed by atoms with van der Waals surface area (Å²) in [5.74, 6) is -0.596. The lowest BCUT2D eigenvalue weighted by molar-refractivity contribution is -0.136. The summed E-state index contributed by atoms with van der Waals surface area (Å²) in [6, 6.07) is 10.7. The van der Waals surface area contributed by atoms with Gasteiger partial charge in [-0.1, -0.05) is 18.2 Å². The number of amides is 1. The number of hydrogen-bond donors (Lipinski definition) is 3. The Hall–Kier alpha value is -3.34. The molecule has 1 heterocycles. The van der Waals surface area contributed by atoms with Crippen molar-refractivity contribution in [1.29, 1.82) is 0 Å². The summed E-state index contributed by atoms with van der Waals surface area (Å²) in [5, 5.41) is 8.34. The lowest BCUT2D eigenvalue weighted by Crippen LogP contribution is -2.18. The molecule has 0 saturated carbocycles. The van der Waals surface area contributed by atoms with Crippen LogP contribution in [-0.2, 0) is 16.2 Å². The monoisotopic (exact) mass is 424 g/mol. The van der Waals surface area contributed by atoms with E-state index < -0.39 is 33.4 Å². The highest BCUT2D eigenvalue weighted by Crippen LogP contribution is 2.37. The average molecular weight is 424 g/mol. The number of nitrogens with zero attached hydrogens (tertiary/aromatic N) is 1. The number of aromatic amines is 1. The number of carbonyl (C=O) groups is 1. The molecule has 0 unspecified atom stereocenters. The zero-order valence-electron chi connectivity index (χ0n) is 14.9. The summed E-state index contributed by atoms with van der Waals surface area (Å²) in [6.45, 7) is 1.43. The van der Waals surface area contributed by atoms with E-state index in [0.717, 1.165) is 12.3 Å². The van der Waals surface area contributed by atoms with Crippen LogP contribution in [0.1, 0.15) is 21.6 Å². The number of carbonyl (C=O) groups excluding carboxylic acids is 1. The highest BCUT2D eigenvalue weighted by Gasteiger charge is 2.35. The maximum absolute atomic E-state index is 13.5. The molecule has 1 aromatic heterocycles. The lowest BCUT2D eigenvalue weighted by Gasteiger charge is -2.16. The van der Waals surface area contributed by atoms with Crippen molar-refractivity contribution < 1.29 is 26.4 Å². The van der Waals surface area contributed by atoms with Crippen molar-refractivity contribution in [3.63, 3.8) is 0 Å². The normalized spacial score (nSPS) is 11.9. The first kappa shape index (κ1) is 20.4. The fourth-order valence-electron chi connectivity index (χ4n) is 2.55. The molecule has 2 aromatic carbocycles. The first-order valence-corrected chi connectivity index (χ1v) is 9.67. The van der Waals surface area contributed by atoms with Gasteiger partial charge in [0, 0.05) is 11.3 Å². The molecule has 0 saturated heterocycles. The van der Waals surface area contributed by atoms with Crippen molar-refractivity contribution in [2.24, 2.45) is 0 Å². The first-order chi connectivity index (χ1) is 13.6. The third-order valence-electron chi connectivity index (χ3n) is 3.94. The van der Waals surface area contributed by atoms with E-state index in [4.69, 9.17) is 0 Å². The molecular weight excluding hydrogens is 409 g/mol. The fourth-order valence-corrected chi connectivity index (χ4v) is 3.77. The van der Waals surface area contributed by atoms with Gasteiger partial charge in [-0.15, -0.1) is 0 Å². The van der Waals surface area contributed by atoms with Gasteiger partial charge < -0.3 is 5.32 Å². The molecule has 3 rings (SSSR count). The molecule has 0 spiro atoms. The zero-order valence-corrected chi connectivity index (χ0v) is 15.7.